The van der Waals surface area contributed by atoms with E-state index in [1.54, 1.807) is 6.07 Å². The summed E-state index contributed by atoms with van der Waals surface area (Å²) in [5.41, 5.74) is 1.65. The zero-order valence-electron chi connectivity index (χ0n) is 10.5. The van der Waals surface area contributed by atoms with Gasteiger partial charge in [-0.3, -0.25) is 4.79 Å². The lowest BCUT2D eigenvalue weighted by Gasteiger charge is -2.17. The van der Waals surface area contributed by atoms with Crippen molar-refractivity contribution in [1.29, 1.82) is 0 Å². The van der Waals surface area contributed by atoms with Crippen LogP contribution in [0.4, 0.5) is 0 Å². The van der Waals surface area contributed by atoms with Crippen molar-refractivity contribution in [1.82, 2.24) is 4.90 Å². The number of aliphatic hydroxyl groups excluding tert-OH is 1. The van der Waals surface area contributed by atoms with Gasteiger partial charge in [0.2, 0.25) is 0 Å². The Balaban J connectivity index is 2.08. The topological polar surface area (TPSA) is 40.5 Å². The third-order valence-electron chi connectivity index (χ3n) is 3.40. The van der Waals surface area contributed by atoms with Crippen molar-refractivity contribution in [3.8, 4) is 0 Å². The number of amides is 1. The summed E-state index contributed by atoms with van der Waals surface area (Å²) in [4.78, 5) is 14.2. The van der Waals surface area contributed by atoms with Crippen LogP contribution in [0.15, 0.2) is 18.2 Å². The molecule has 0 bridgehead atoms. The van der Waals surface area contributed by atoms with Crippen LogP contribution in [0.3, 0.4) is 0 Å². The summed E-state index contributed by atoms with van der Waals surface area (Å²) in [6, 6.07) is 5.43. The molecule has 1 aromatic rings. The van der Waals surface area contributed by atoms with Crippen molar-refractivity contribution in [3.05, 3.63) is 34.3 Å². The van der Waals surface area contributed by atoms with E-state index in [0.29, 0.717) is 16.5 Å². The Morgan fingerprint density at radius 1 is 1.50 bits per heavy atom. The Morgan fingerprint density at radius 3 is 2.94 bits per heavy atom. The Morgan fingerprint density at radius 2 is 2.28 bits per heavy atom. The quantitative estimate of drug-likeness (QED) is 0.914. The molecule has 0 saturated carbocycles. The number of aliphatic hydroxyl groups is 1. The van der Waals surface area contributed by atoms with Gasteiger partial charge < -0.3 is 10.0 Å². The third-order valence-corrected chi connectivity index (χ3v) is 3.62. The Labute approximate surface area is 112 Å². The highest BCUT2D eigenvalue weighted by atomic mass is 35.5. The van der Waals surface area contributed by atoms with E-state index in [1.165, 1.54) is 0 Å². The van der Waals surface area contributed by atoms with Gasteiger partial charge in [0.05, 0.1) is 0 Å². The molecule has 1 unspecified atom stereocenters. The minimum absolute atomic E-state index is 0.0426. The molecule has 1 aliphatic heterocycles. The Hall–Kier alpha value is -1.06. The van der Waals surface area contributed by atoms with Crippen molar-refractivity contribution in [3.63, 3.8) is 0 Å². The molecule has 98 valence electrons. The van der Waals surface area contributed by atoms with Crippen LogP contribution >= 0.6 is 11.6 Å². The normalized spacial score (nSPS) is 19.3. The molecule has 4 heteroatoms. The van der Waals surface area contributed by atoms with Crippen LogP contribution in [0.25, 0.3) is 0 Å². The van der Waals surface area contributed by atoms with Gasteiger partial charge in [0, 0.05) is 30.3 Å². The van der Waals surface area contributed by atoms with Crippen molar-refractivity contribution in [2.24, 2.45) is 5.92 Å². The predicted molar refractivity (Wildman–Crippen MR) is 71.9 cm³/mol. The van der Waals surface area contributed by atoms with Crippen molar-refractivity contribution < 1.29 is 9.90 Å². The second-order valence-corrected chi connectivity index (χ2v) is 5.37. The largest absolute Gasteiger partial charge is 0.396 e. The van der Waals surface area contributed by atoms with Gasteiger partial charge >= 0.3 is 0 Å². The molecule has 1 heterocycles. The number of carbonyl (C=O) groups is 1. The highest BCUT2D eigenvalue weighted by Gasteiger charge is 2.26. The number of hydrogen-bond acceptors (Lipinski definition) is 2. The van der Waals surface area contributed by atoms with E-state index in [-0.39, 0.29) is 12.5 Å². The van der Waals surface area contributed by atoms with Crippen molar-refractivity contribution in [2.75, 3.05) is 19.7 Å². The molecule has 1 aliphatic rings. The zero-order valence-corrected chi connectivity index (χ0v) is 11.3. The molecule has 1 saturated heterocycles. The average Bonchev–Trinajstić information content (AvgIpc) is 2.76. The van der Waals surface area contributed by atoms with E-state index in [0.717, 1.165) is 31.5 Å². The van der Waals surface area contributed by atoms with E-state index in [1.807, 2.05) is 24.0 Å². The van der Waals surface area contributed by atoms with Crippen molar-refractivity contribution >= 4 is 17.5 Å². The SMILES string of the molecule is Cc1cc(Cl)cc(C(=O)N2CCC(CCO)C2)c1. The van der Waals surface area contributed by atoms with Gasteiger partial charge in [0.15, 0.2) is 0 Å². The fourth-order valence-corrected chi connectivity index (χ4v) is 2.77. The second-order valence-electron chi connectivity index (χ2n) is 4.94. The number of carbonyl (C=O) groups excluding carboxylic acids is 1. The van der Waals surface area contributed by atoms with Crippen LogP contribution in [0.5, 0.6) is 0 Å². The summed E-state index contributed by atoms with van der Waals surface area (Å²) in [6.07, 6.45) is 1.75. The molecule has 1 fully saturated rings. The molecule has 1 aromatic carbocycles. The number of rotatable bonds is 3. The summed E-state index contributed by atoms with van der Waals surface area (Å²) >= 11 is 5.98. The van der Waals surface area contributed by atoms with E-state index in [2.05, 4.69) is 0 Å². The first kappa shape index (κ1) is 13.4. The van der Waals surface area contributed by atoms with Gasteiger partial charge in [-0.25, -0.2) is 0 Å². The van der Waals surface area contributed by atoms with E-state index in [4.69, 9.17) is 16.7 Å². The lowest BCUT2D eigenvalue weighted by atomic mass is 10.1. The van der Waals surface area contributed by atoms with Crippen LogP contribution in [-0.4, -0.2) is 35.6 Å². The maximum atomic E-state index is 12.3. The molecule has 18 heavy (non-hydrogen) atoms. The van der Waals surface area contributed by atoms with E-state index >= 15 is 0 Å². The monoisotopic (exact) mass is 267 g/mol. The number of hydrogen-bond donors (Lipinski definition) is 1. The molecule has 1 amide bonds. The van der Waals surface area contributed by atoms with E-state index in [9.17, 15) is 4.79 Å². The van der Waals surface area contributed by atoms with Gasteiger partial charge in [0.1, 0.15) is 0 Å². The minimum atomic E-state index is 0.0426. The molecule has 0 aromatic heterocycles. The molecule has 0 radical (unpaired) electrons. The minimum Gasteiger partial charge on any atom is -0.396 e. The Kier molecular flexibility index (Phi) is 4.25. The fraction of sp³-hybridized carbons (Fsp3) is 0.500. The number of aryl methyl sites for hydroxylation is 1. The summed E-state index contributed by atoms with van der Waals surface area (Å²) in [6.45, 7) is 3.64. The third kappa shape index (κ3) is 3.03. The highest BCUT2D eigenvalue weighted by Crippen LogP contribution is 2.22. The molecular weight excluding hydrogens is 250 g/mol. The highest BCUT2D eigenvalue weighted by molar-refractivity contribution is 6.31. The first-order chi connectivity index (χ1) is 8.60. The first-order valence-corrected chi connectivity index (χ1v) is 6.65. The maximum absolute atomic E-state index is 12.3. The van der Waals surface area contributed by atoms with E-state index < -0.39 is 0 Å². The summed E-state index contributed by atoms with van der Waals surface area (Å²) in [5, 5.41) is 9.52. The summed E-state index contributed by atoms with van der Waals surface area (Å²) in [5.74, 6) is 0.472. The first-order valence-electron chi connectivity index (χ1n) is 6.27. The van der Waals surface area contributed by atoms with Gasteiger partial charge in [-0.1, -0.05) is 11.6 Å². The zero-order chi connectivity index (χ0) is 13.1. The van der Waals surface area contributed by atoms with Gasteiger partial charge in [-0.05, 0) is 49.4 Å². The molecule has 3 nitrogen and oxygen atoms in total. The molecule has 0 aliphatic carbocycles. The van der Waals surface area contributed by atoms with Crippen molar-refractivity contribution in [2.45, 2.75) is 19.8 Å². The smallest absolute Gasteiger partial charge is 0.253 e. The predicted octanol–water partition coefficient (Wildman–Crippen LogP) is 2.49. The molecule has 1 N–H and O–H groups in total. The molecule has 2 rings (SSSR count). The standard InChI is InChI=1S/C14H18ClNO2/c1-10-6-12(8-13(15)7-10)14(18)16-4-2-11(9-16)3-5-17/h6-8,11,17H,2-5,9H2,1H3. The number of likely N-dealkylation sites (tertiary alicyclic amines) is 1. The van der Waals surface area contributed by atoms with Crippen LogP contribution in [-0.2, 0) is 0 Å². The second kappa shape index (κ2) is 5.72. The van der Waals surface area contributed by atoms with Gasteiger partial charge in [0.25, 0.3) is 5.91 Å². The summed E-state index contributed by atoms with van der Waals surface area (Å²) in [7, 11) is 0. The van der Waals surface area contributed by atoms with Crippen LogP contribution in [0.2, 0.25) is 5.02 Å². The lowest BCUT2D eigenvalue weighted by molar-refractivity contribution is 0.0784. The summed E-state index contributed by atoms with van der Waals surface area (Å²) < 4.78 is 0. The number of benzene rings is 1. The van der Waals surface area contributed by atoms with Gasteiger partial charge in [-0.2, -0.15) is 0 Å². The van der Waals surface area contributed by atoms with Gasteiger partial charge in [-0.15, -0.1) is 0 Å². The lowest BCUT2D eigenvalue weighted by Crippen LogP contribution is -2.28. The Bertz CT molecular complexity index is 427. The maximum Gasteiger partial charge on any atom is 0.253 e. The van der Waals surface area contributed by atoms with Crippen LogP contribution < -0.4 is 0 Å². The molecular formula is C14H18ClNO2. The number of nitrogens with zero attached hydrogens (tertiary/aromatic N) is 1. The number of halogens is 1. The fourth-order valence-electron chi connectivity index (χ4n) is 2.48. The average molecular weight is 268 g/mol. The van der Waals surface area contributed by atoms with Crippen LogP contribution in [0, 0.1) is 12.8 Å². The van der Waals surface area contributed by atoms with Crippen LogP contribution in [0.1, 0.15) is 28.8 Å². The molecule has 0 spiro atoms. The molecule has 1 atom stereocenters.